The highest BCUT2D eigenvalue weighted by atomic mass is 31.2. The summed E-state index contributed by atoms with van der Waals surface area (Å²) in [5.41, 5.74) is 0. The lowest BCUT2D eigenvalue weighted by molar-refractivity contribution is -0.161. The van der Waals surface area contributed by atoms with Crippen molar-refractivity contribution in [3.63, 3.8) is 0 Å². The van der Waals surface area contributed by atoms with Gasteiger partial charge in [-0.2, -0.15) is 0 Å². The third-order valence-electron chi connectivity index (χ3n) is 18.5. The summed E-state index contributed by atoms with van der Waals surface area (Å²) in [5.74, 6) is 0.954. The maximum Gasteiger partial charge on any atom is 0.472 e. The summed E-state index contributed by atoms with van der Waals surface area (Å²) in [6.07, 6.45) is 51.5. The average molecular weight is 1410 g/mol. The second-order valence-corrected chi connectivity index (χ2v) is 32.1. The van der Waals surface area contributed by atoms with Crippen LogP contribution in [0.15, 0.2) is 0 Å². The van der Waals surface area contributed by atoms with E-state index in [-0.39, 0.29) is 25.7 Å². The number of unbranched alkanes of at least 4 members (excludes halogenated alkanes) is 38. The Labute approximate surface area is 588 Å². The molecule has 0 saturated heterocycles. The monoisotopic (exact) mass is 1410 g/mol. The number of carbonyl (C=O) groups is 4. The minimum atomic E-state index is -4.96. The summed E-state index contributed by atoms with van der Waals surface area (Å²) in [4.78, 5) is 72.8. The lowest BCUT2D eigenvalue weighted by Gasteiger charge is -2.21. The van der Waals surface area contributed by atoms with Gasteiger partial charge in [0, 0.05) is 25.7 Å². The summed E-state index contributed by atoms with van der Waals surface area (Å²) in [6.45, 7) is 14.2. The van der Waals surface area contributed by atoms with Gasteiger partial charge in [-0.3, -0.25) is 37.3 Å². The first-order chi connectivity index (χ1) is 46.2. The number of carbonyl (C=O) groups excluding carboxylic acids is 4. The maximum absolute atomic E-state index is 13.1. The Morgan fingerprint density at radius 2 is 0.500 bits per heavy atom. The Balaban J connectivity index is 5.23. The molecule has 5 unspecified atom stereocenters. The average Bonchev–Trinajstić information content (AvgIpc) is 1.63. The van der Waals surface area contributed by atoms with Crippen LogP contribution in [0, 0.1) is 23.7 Å². The van der Waals surface area contributed by atoms with Crippen molar-refractivity contribution in [1.82, 2.24) is 0 Å². The fourth-order valence-corrected chi connectivity index (χ4v) is 13.2. The molecule has 0 spiro atoms. The van der Waals surface area contributed by atoms with E-state index in [1.54, 1.807) is 0 Å². The third-order valence-corrected chi connectivity index (χ3v) is 20.4. The van der Waals surface area contributed by atoms with Crippen LogP contribution in [0.5, 0.6) is 0 Å². The van der Waals surface area contributed by atoms with Crippen molar-refractivity contribution < 1.29 is 80.2 Å². The van der Waals surface area contributed by atoms with Crippen molar-refractivity contribution in [3.05, 3.63) is 0 Å². The molecule has 0 aromatic rings. The van der Waals surface area contributed by atoms with E-state index in [4.69, 9.17) is 37.0 Å². The van der Waals surface area contributed by atoms with Crippen molar-refractivity contribution in [1.29, 1.82) is 0 Å². The summed E-state index contributed by atoms with van der Waals surface area (Å²) >= 11 is 0. The van der Waals surface area contributed by atoms with Crippen LogP contribution in [0.3, 0.4) is 0 Å². The fraction of sp³-hybridized carbons (Fsp3) is 0.948. The Morgan fingerprint density at radius 1 is 0.292 bits per heavy atom. The molecule has 17 nitrogen and oxygen atoms in total. The maximum atomic E-state index is 13.1. The summed E-state index contributed by atoms with van der Waals surface area (Å²) < 4.78 is 68.5. The Kier molecular flexibility index (Phi) is 65.0. The van der Waals surface area contributed by atoms with E-state index >= 15 is 0 Å². The van der Waals surface area contributed by atoms with Gasteiger partial charge in [0.15, 0.2) is 12.2 Å². The molecule has 7 atom stereocenters. The molecule has 570 valence electrons. The van der Waals surface area contributed by atoms with E-state index in [0.29, 0.717) is 31.6 Å². The smallest absolute Gasteiger partial charge is 0.462 e. The molecule has 0 aromatic carbocycles. The first-order valence-electron chi connectivity index (χ1n) is 39.8. The molecule has 96 heavy (non-hydrogen) atoms. The number of phosphoric ester groups is 2. The second-order valence-electron chi connectivity index (χ2n) is 29.2. The summed E-state index contributed by atoms with van der Waals surface area (Å²) in [7, 11) is -9.91. The van der Waals surface area contributed by atoms with E-state index in [1.807, 2.05) is 0 Å². The summed E-state index contributed by atoms with van der Waals surface area (Å²) in [5, 5.41) is 10.6. The molecule has 0 aromatic heterocycles. The van der Waals surface area contributed by atoms with Gasteiger partial charge >= 0.3 is 39.5 Å². The van der Waals surface area contributed by atoms with Crippen LogP contribution in [0.1, 0.15) is 389 Å². The van der Waals surface area contributed by atoms with Crippen LogP contribution in [-0.2, 0) is 65.4 Å². The zero-order valence-corrected chi connectivity index (χ0v) is 64.8. The predicted octanol–water partition coefficient (Wildman–Crippen LogP) is 22.4. The number of aliphatic hydroxyl groups excluding tert-OH is 1. The molecule has 0 bridgehead atoms. The highest BCUT2D eigenvalue weighted by Gasteiger charge is 2.30. The van der Waals surface area contributed by atoms with E-state index in [0.717, 1.165) is 114 Å². The van der Waals surface area contributed by atoms with Crippen molar-refractivity contribution in [2.75, 3.05) is 39.6 Å². The van der Waals surface area contributed by atoms with Crippen LogP contribution >= 0.6 is 15.6 Å². The summed E-state index contributed by atoms with van der Waals surface area (Å²) in [6, 6.07) is 0. The van der Waals surface area contributed by atoms with Crippen molar-refractivity contribution in [2.45, 2.75) is 408 Å². The van der Waals surface area contributed by atoms with Gasteiger partial charge < -0.3 is 33.8 Å². The molecule has 0 saturated carbocycles. The largest absolute Gasteiger partial charge is 0.472 e. The predicted molar refractivity (Wildman–Crippen MR) is 391 cm³/mol. The Hall–Kier alpha value is -1.94. The van der Waals surface area contributed by atoms with Gasteiger partial charge in [-0.1, -0.05) is 338 Å². The highest BCUT2D eigenvalue weighted by Crippen LogP contribution is 2.45. The van der Waals surface area contributed by atoms with Crippen LogP contribution in [0.4, 0.5) is 0 Å². The number of phosphoric acid groups is 2. The molecule has 0 aliphatic heterocycles. The van der Waals surface area contributed by atoms with Crippen LogP contribution in [-0.4, -0.2) is 96.7 Å². The van der Waals surface area contributed by atoms with Gasteiger partial charge in [0.25, 0.3) is 0 Å². The zero-order valence-electron chi connectivity index (χ0n) is 63.0. The van der Waals surface area contributed by atoms with Crippen molar-refractivity contribution in [2.24, 2.45) is 23.7 Å². The number of aliphatic hydroxyl groups is 1. The molecule has 0 rings (SSSR count). The molecule has 0 amide bonds. The number of rotatable bonds is 74. The molecular weight excluding hydrogens is 1260 g/mol. The first kappa shape index (κ1) is 94.1. The van der Waals surface area contributed by atoms with Crippen LogP contribution in [0.2, 0.25) is 0 Å². The van der Waals surface area contributed by atoms with Gasteiger partial charge in [-0.25, -0.2) is 9.13 Å². The lowest BCUT2D eigenvalue weighted by Crippen LogP contribution is -2.30. The number of hydrogen-bond donors (Lipinski definition) is 3. The molecule has 19 heteroatoms. The normalized spacial score (nSPS) is 14.7. The van der Waals surface area contributed by atoms with E-state index < -0.39 is 97.5 Å². The van der Waals surface area contributed by atoms with Gasteiger partial charge in [-0.15, -0.1) is 0 Å². The van der Waals surface area contributed by atoms with Crippen molar-refractivity contribution >= 4 is 39.5 Å². The molecule has 0 aliphatic carbocycles. The third kappa shape index (κ3) is 67.9. The van der Waals surface area contributed by atoms with E-state index in [1.165, 1.54) is 186 Å². The molecular formula is C77H150O17P2. The molecule has 3 N–H and O–H groups in total. The molecule has 0 fully saturated rings. The van der Waals surface area contributed by atoms with Gasteiger partial charge in [0.05, 0.1) is 26.4 Å². The van der Waals surface area contributed by atoms with Crippen LogP contribution in [0.25, 0.3) is 0 Å². The topological polar surface area (TPSA) is 237 Å². The Bertz CT molecular complexity index is 1890. The van der Waals surface area contributed by atoms with E-state index in [9.17, 15) is 43.2 Å². The van der Waals surface area contributed by atoms with Crippen molar-refractivity contribution in [3.8, 4) is 0 Å². The van der Waals surface area contributed by atoms with Gasteiger partial charge in [-0.05, 0) is 49.4 Å². The molecule has 0 radical (unpaired) electrons. The second kappa shape index (κ2) is 66.3. The first-order valence-corrected chi connectivity index (χ1v) is 42.8. The quantitative estimate of drug-likeness (QED) is 0.0222. The highest BCUT2D eigenvalue weighted by molar-refractivity contribution is 7.47. The lowest BCUT2D eigenvalue weighted by atomic mass is 9.99. The standard InChI is InChI=1S/C77H150O17P2/c1-9-69(7)55-47-39-31-25-21-17-14-15-19-23-27-33-43-51-59-76(81)93-72(63-87-74(79)57-49-41-32-26-22-18-13-11-12-16-20-24-29-37-45-53-67(3)4)65-91-95(83,84)89-61-71(78)62-90-96(85,86)92-66-73(94-77(82)60-52-44-36-35-40-48-56-70(8)10-2)64-88-75(80)58-50-42-34-28-30-38-46-54-68(5)6/h67-73,78H,9-66H2,1-8H3,(H,83,84)(H,85,86)/t69?,70?,71?,72-,73-/m1/s1. The van der Waals surface area contributed by atoms with Crippen LogP contribution < -0.4 is 0 Å². The van der Waals surface area contributed by atoms with Gasteiger partial charge in [0.2, 0.25) is 0 Å². The molecule has 0 aliphatic rings. The minimum absolute atomic E-state index is 0.102. The minimum Gasteiger partial charge on any atom is -0.462 e. The fourth-order valence-electron chi connectivity index (χ4n) is 11.7. The number of hydrogen-bond acceptors (Lipinski definition) is 15. The van der Waals surface area contributed by atoms with Gasteiger partial charge in [0.1, 0.15) is 19.3 Å². The SMILES string of the molecule is CCC(C)CCCCCCCCCCCCCCCCC(=O)O[C@H](COC(=O)CCCCCCCCCCCCCCCCCC(C)C)COP(=O)(O)OCC(O)COP(=O)(O)OC[C@@H](COC(=O)CCCCCCCCCC(C)C)OC(=O)CCCCCCCCC(C)CC. The molecule has 0 heterocycles. The number of ether oxygens (including phenoxy) is 4. The number of esters is 4. The zero-order chi connectivity index (χ0) is 71.0. The van der Waals surface area contributed by atoms with E-state index in [2.05, 4.69) is 55.4 Å². The Morgan fingerprint density at radius 3 is 0.740 bits per heavy atom.